The lowest BCUT2D eigenvalue weighted by Gasteiger charge is -2.39. The third-order valence-electron chi connectivity index (χ3n) is 7.88. The second-order valence-corrected chi connectivity index (χ2v) is 11.8. The predicted molar refractivity (Wildman–Crippen MR) is 138 cm³/mol. The molecule has 0 bridgehead atoms. The van der Waals surface area contributed by atoms with Crippen LogP contribution in [0.3, 0.4) is 0 Å². The third kappa shape index (κ3) is 6.41. The zero-order valence-corrected chi connectivity index (χ0v) is 22.7. The van der Waals surface area contributed by atoms with Crippen LogP contribution in [0.1, 0.15) is 41.5 Å². The first-order valence-electron chi connectivity index (χ1n) is 12.8. The highest BCUT2D eigenvalue weighted by Crippen LogP contribution is 2.44. The monoisotopic (exact) mass is 640 g/mol. The van der Waals surface area contributed by atoms with Crippen LogP contribution in [0.5, 0.6) is 0 Å². The average molecular weight is 641 g/mol. The van der Waals surface area contributed by atoms with Crippen molar-refractivity contribution in [1.29, 1.82) is 0 Å². The number of hydrogen-bond acceptors (Lipinski definition) is 7. The molecular formula is C26H21F9N4O3S. The van der Waals surface area contributed by atoms with Crippen molar-refractivity contribution in [1.82, 2.24) is 9.88 Å². The Hall–Kier alpha value is -3.47. The summed E-state index contributed by atoms with van der Waals surface area (Å²) in [7, 11) is 0. The maximum Gasteiger partial charge on any atom is 0.416 e. The smallest absolute Gasteiger partial charge is 0.348 e. The largest absolute Gasteiger partial charge is 0.416 e. The molecular weight excluding hydrogens is 619 g/mol. The molecule has 0 unspecified atom stereocenters. The minimum Gasteiger partial charge on any atom is -0.348 e. The third-order valence-corrected chi connectivity index (χ3v) is 9.05. The van der Waals surface area contributed by atoms with E-state index in [0.717, 1.165) is 11.3 Å². The fraction of sp³-hybridized carbons (Fsp3) is 0.462. The van der Waals surface area contributed by atoms with Crippen LogP contribution in [0.4, 0.5) is 50.3 Å². The van der Waals surface area contributed by atoms with Crippen LogP contribution in [0.2, 0.25) is 0 Å². The summed E-state index contributed by atoms with van der Waals surface area (Å²) >= 11 is 0.733. The van der Waals surface area contributed by atoms with E-state index in [1.54, 1.807) is 9.80 Å². The zero-order chi connectivity index (χ0) is 31.5. The van der Waals surface area contributed by atoms with E-state index in [9.17, 15) is 54.4 Å². The van der Waals surface area contributed by atoms with E-state index in [-0.39, 0.29) is 33.4 Å². The van der Waals surface area contributed by atoms with Gasteiger partial charge < -0.3 is 4.90 Å². The molecule has 0 amide bonds. The quantitative estimate of drug-likeness (QED) is 0.172. The van der Waals surface area contributed by atoms with Gasteiger partial charge in [0.2, 0.25) is 0 Å². The van der Waals surface area contributed by atoms with Gasteiger partial charge >= 0.3 is 18.5 Å². The Balaban J connectivity index is 1.32. The lowest BCUT2D eigenvalue weighted by atomic mass is 9.78. The fourth-order valence-corrected chi connectivity index (χ4v) is 6.80. The number of piperidine rings is 1. The summed E-state index contributed by atoms with van der Waals surface area (Å²) in [6.45, 7) is 1.39. The SMILES string of the molecule is O=c1nc(N2CCC3(CCN(Cc4cc(C(F)(F)F)cc(C(F)(F)F)c4)C3)CC2)sc2c([N+](=O)[O-])cc(C(F)(F)F)cc12. The predicted octanol–water partition coefficient (Wildman–Crippen LogP) is 7.11. The Morgan fingerprint density at radius 1 is 0.837 bits per heavy atom. The number of fused-ring (bicyclic) bond motifs is 1. The highest BCUT2D eigenvalue weighted by Gasteiger charge is 2.42. The molecule has 0 radical (unpaired) electrons. The van der Waals surface area contributed by atoms with E-state index < -0.39 is 56.8 Å². The van der Waals surface area contributed by atoms with Gasteiger partial charge in [-0.2, -0.15) is 44.5 Å². The van der Waals surface area contributed by atoms with Crippen LogP contribution in [0.15, 0.2) is 35.1 Å². The first kappa shape index (κ1) is 31.0. The molecule has 0 aliphatic carbocycles. The van der Waals surface area contributed by atoms with Crippen LogP contribution in [0.25, 0.3) is 10.1 Å². The molecule has 1 spiro atoms. The molecule has 3 heterocycles. The Bertz CT molecular complexity index is 1600. The highest BCUT2D eigenvalue weighted by atomic mass is 32.1. The van der Waals surface area contributed by atoms with Crippen LogP contribution >= 0.6 is 11.3 Å². The molecule has 43 heavy (non-hydrogen) atoms. The van der Waals surface area contributed by atoms with Gasteiger partial charge in [-0.3, -0.25) is 19.8 Å². The number of likely N-dealkylation sites (tertiary alicyclic amines) is 1. The molecule has 232 valence electrons. The fourth-order valence-electron chi connectivity index (χ4n) is 5.69. The number of nitro groups is 1. The number of nitrogens with zero attached hydrogens (tertiary/aromatic N) is 4. The lowest BCUT2D eigenvalue weighted by molar-refractivity contribution is -0.383. The molecule has 2 aromatic carbocycles. The van der Waals surface area contributed by atoms with Crippen molar-refractivity contribution >= 4 is 32.2 Å². The maximum absolute atomic E-state index is 13.3. The van der Waals surface area contributed by atoms with E-state index in [0.29, 0.717) is 69.7 Å². The van der Waals surface area contributed by atoms with Crippen molar-refractivity contribution in [3.63, 3.8) is 0 Å². The minimum absolute atomic E-state index is 0.0870. The summed E-state index contributed by atoms with van der Waals surface area (Å²) in [5.41, 5.74) is -6.41. The number of benzene rings is 2. The molecule has 2 fully saturated rings. The number of nitro benzene ring substituents is 1. The summed E-state index contributed by atoms with van der Waals surface area (Å²) in [4.78, 5) is 30.6. The van der Waals surface area contributed by atoms with Gasteiger partial charge in [0.1, 0.15) is 4.70 Å². The summed E-state index contributed by atoms with van der Waals surface area (Å²) in [5.74, 6) is 0. The molecule has 2 aliphatic heterocycles. The molecule has 0 N–H and O–H groups in total. The van der Waals surface area contributed by atoms with Gasteiger partial charge in [0.05, 0.1) is 27.0 Å². The van der Waals surface area contributed by atoms with Crippen molar-refractivity contribution in [2.75, 3.05) is 31.1 Å². The van der Waals surface area contributed by atoms with E-state index in [4.69, 9.17) is 0 Å². The van der Waals surface area contributed by atoms with Crippen LogP contribution in [-0.2, 0) is 25.1 Å². The van der Waals surface area contributed by atoms with Crippen molar-refractivity contribution < 1.29 is 44.4 Å². The number of anilines is 1. The second kappa shape index (κ2) is 10.6. The first-order valence-corrected chi connectivity index (χ1v) is 13.6. The van der Waals surface area contributed by atoms with Gasteiger partial charge in [0, 0.05) is 32.2 Å². The zero-order valence-electron chi connectivity index (χ0n) is 21.9. The van der Waals surface area contributed by atoms with Gasteiger partial charge in [-0.05, 0) is 61.1 Å². The summed E-state index contributed by atoms with van der Waals surface area (Å²) in [6, 6.07) is 2.43. The average Bonchev–Trinajstić information content (AvgIpc) is 3.28. The number of halogens is 9. The van der Waals surface area contributed by atoms with Crippen molar-refractivity contribution in [2.24, 2.45) is 5.41 Å². The first-order chi connectivity index (χ1) is 19.8. The minimum atomic E-state index is -4.95. The van der Waals surface area contributed by atoms with Gasteiger partial charge in [0.25, 0.3) is 11.2 Å². The molecule has 5 rings (SSSR count). The van der Waals surface area contributed by atoms with E-state index >= 15 is 0 Å². The number of aromatic nitrogens is 1. The molecule has 3 aromatic rings. The van der Waals surface area contributed by atoms with Crippen molar-refractivity contribution in [3.05, 3.63) is 73.1 Å². The molecule has 0 saturated carbocycles. The standard InChI is InChI=1S/C26H21F9N4O3S/c27-24(28,29)15-7-14(8-16(9-15)25(30,31)32)12-37-4-1-23(13-37)2-5-38(6-3-23)22-36-21(40)18-10-17(26(33,34)35)11-19(39(41)42)20(18)43-22/h7-11H,1-6,12-13H2. The van der Waals surface area contributed by atoms with Gasteiger partial charge in [0.15, 0.2) is 5.13 Å². The van der Waals surface area contributed by atoms with E-state index in [2.05, 4.69) is 4.98 Å². The molecule has 7 nitrogen and oxygen atoms in total. The van der Waals surface area contributed by atoms with Crippen LogP contribution < -0.4 is 10.5 Å². The Morgan fingerprint density at radius 2 is 1.37 bits per heavy atom. The number of non-ortho nitro benzene ring substituents is 1. The topological polar surface area (TPSA) is 79.6 Å². The van der Waals surface area contributed by atoms with Gasteiger partial charge in [-0.25, -0.2) is 0 Å². The number of hydrogen-bond donors (Lipinski definition) is 0. The van der Waals surface area contributed by atoms with Crippen LogP contribution in [0, 0.1) is 15.5 Å². The molecule has 17 heteroatoms. The summed E-state index contributed by atoms with van der Waals surface area (Å²) in [5, 5.41) is 11.1. The second-order valence-electron chi connectivity index (χ2n) is 10.8. The van der Waals surface area contributed by atoms with E-state index in [1.165, 1.54) is 0 Å². The summed E-state index contributed by atoms with van der Waals surface area (Å²) < 4.78 is 119. The van der Waals surface area contributed by atoms with Crippen LogP contribution in [-0.4, -0.2) is 41.0 Å². The van der Waals surface area contributed by atoms with Crippen molar-refractivity contribution in [2.45, 2.75) is 44.3 Å². The maximum atomic E-state index is 13.3. The molecule has 1 aromatic heterocycles. The molecule has 2 aliphatic rings. The Kier molecular flexibility index (Phi) is 7.64. The number of rotatable bonds is 4. The Morgan fingerprint density at radius 3 is 1.91 bits per heavy atom. The summed E-state index contributed by atoms with van der Waals surface area (Å²) in [6.07, 6.45) is -13.1. The van der Waals surface area contributed by atoms with Crippen molar-refractivity contribution in [3.8, 4) is 0 Å². The number of alkyl halides is 9. The molecule has 0 atom stereocenters. The highest BCUT2D eigenvalue weighted by molar-refractivity contribution is 7.22. The lowest BCUT2D eigenvalue weighted by Crippen LogP contribution is -2.42. The normalized spacial score (nSPS) is 18.1. The Labute approximate surface area is 240 Å². The van der Waals surface area contributed by atoms with Gasteiger partial charge in [-0.15, -0.1) is 0 Å². The van der Waals surface area contributed by atoms with Gasteiger partial charge in [-0.1, -0.05) is 11.3 Å². The molecule has 2 saturated heterocycles. The van der Waals surface area contributed by atoms with E-state index in [1.807, 2.05) is 0 Å².